The standard InChI is InChI=1S/C20H21F3N2O4S/c21-20(22,23)17-7-3-2-6-16(17)14-9-11-25(12-10-14)19(26)13-15-5-1-4-8-18(15)24-30(27,28)29/h1-8,14,24H,9-13H2,(H,27,28,29)/p-1. The fraction of sp³-hybridized carbons (Fsp3) is 0.350. The van der Waals surface area contributed by atoms with Crippen molar-refractivity contribution in [2.45, 2.75) is 31.4 Å². The van der Waals surface area contributed by atoms with Crippen LogP contribution in [0.3, 0.4) is 0 Å². The Kier molecular flexibility index (Phi) is 6.37. The Morgan fingerprint density at radius 1 is 1.07 bits per heavy atom. The lowest BCUT2D eigenvalue weighted by Gasteiger charge is -2.33. The molecule has 1 amide bonds. The number of amides is 1. The third kappa shape index (κ3) is 5.51. The van der Waals surface area contributed by atoms with Crippen LogP contribution in [0, 0.1) is 0 Å². The summed E-state index contributed by atoms with van der Waals surface area (Å²) in [4.78, 5) is 14.2. The van der Waals surface area contributed by atoms with E-state index < -0.39 is 22.0 Å². The first-order valence-corrected chi connectivity index (χ1v) is 10.7. The summed E-state index contributed by atoms with van der Waals surface area (Å²) in [5, 5.41) is 0. The maximum absolute atomic E-state index is 13.3. The van der Waals surface area contributed by atoms with Gasteiger partial charge in [-0.15, -0.1) is 0 Å². The summed E-state index contributed by atoms with van der Waals surface area (Å²) in [5.74, 6) is -0.582. The molecule has 3 rings (SSSR count). The van der Waals surface area contributed by atoms with Gasteiger partial charge < -0.3 is 9.45 Å². The molecule has 0 saturated carbocycles. The third-order valence-electron chi connectivity index (χ3n) is 5.15. The topological polar surface area (TPSA) is 89.5 Å². The predicted octanol–water partition coefficient (Wildman–Crippen LogP) is 3.53. The normalized spacial score (nSPS) is 15.8. The van der Waals surface area contributed by atoms with Crippen LogP contribution < -0.4 is 4.72 Å². The summed E-state index contributed by atoms with van der Waals surface area (Å²) in [6, 6.07) is 11.6. The van der Waals surface area contributed by atoms with E-state index in [1.165, 1.54) is 30.3 Å². The molecular weight excluding hydrogens is 421 g/mol. The zero-order valence-electron chi connectivity index (χ0n) is 15.9. The molecule has 2 aromatic rings. The largest absolute Gasteiger partial charge is 0.731 e. The minimum Gasteiger partial charge on any atom is -0.731 e. The lowest BCUT2D eigenvalue weighted by Crippen LogP contribution is -2.39. The van der Waals surface area contributed by atoms with Crippen LogP contribution in [0.5, 0.6) is 0 Å². The molecule has 30 heavy (non-hydrogen) atoms. The predicted molar refractivity (Wildman–Crippen MR) is 103 cm³/mol. The average Bonchev–Trinajstić information content (AvgIpc) is 2.68. The Bertz CT molecular complexity index is 1020. The Morgan fingerprint density at radius 2 is 1.67 bits per heavy atom. The first kappa shape index (κ1) is 22.1. The lowest BCUT2D eigenvalue weighted by molar-refractivity contribution is -0.139. The van der Waals surface area contributed by atoms with Gasteiger partial charge >= 0.3 is 6.18 Å². The quantitative estimate of drug-likeness (QED) is 0.719. The van der Waals surface area contributed by atoms with E-state index in [1.54, 1.807) is 17.0 Å². The first-order chi connectivity index (χ1) is 14.0. The molecular formula is C20H20F3N2O4S-. The number of alkyl halides is 3. The average molecular weight is 441 g/mol. The van der Waals surface area contributed by atoms with Crippen LogP contribution in [-0.4, -0.2) is 36.9 Å². The van der Waals surface area contributed by atoms with Crippen molar-refractivity contribution >= 4 is 21.9 Å². The summed E-state index contributed by atoms with van der Waals surface area (Å²) in [7, 11) is -4.73. The highest BCUT2D eigenvalue weighted by Crippen LogP contribution is 2.38. The molecule has 0 aromatic heterocycles. The van der Waals surface area contributed by atoms with Crippen LogP contribution in [0.25, 0.3) is 0 Å². The molecule has 1 saturated heterocycles. The highest BCUT2D eigenvalue weighted by atomic mass is 32.2. The van der Waals surface area contributed by atoms with Crippen molar-refractivity contribution in [1.29, 1.82) is 0 Å². The van der Waals surface area contributed by atoms with Crippen molar-refractivity contribution < 1.29 is 30.9 Å². The van der Waals surface area contributed by atoms with Crippen molar-refractivity contribution in [2.75, 3.05) is 17.8 Å². The number of hydrogen-bond donors (Lipinski definition) is 1. The van der Waals surface area contributed by atoms with E-state index in [0.717, 1.165) is 6.07 Å². The Hall–Kier alpha value is -2.59. The van der Waals surface area contributed by atoms with Gasteiger partial charge in [0.05, 0.1) is 17.7 Å². The Labute approximate surface area is 172 Å². The second kappa shape index (κ2) is 8.65. The van der Waals surface area contributed by atoms with Crippen LogP contribution >= 0.6 is 0 Å². The number of para-hydroxylation sites is 1. The second-order valence-electron chi connectivity index (χ2n) is 7.13. The molecule has 1 N–H and O–H groups in total. The first-order valence-electron chi connectivity index (χ1n) is 9.30. The Balaban J connectivity index is 1.66. The molecule has 1 heterocycles. The molecule has 0 aliphatic carbocycles. The molecule has 0 spiro atoms. The van der Waals surface area contributed by atoms with Gasteiger partial charge in [0, 0.05) is 13.1 Å². The number of likely N-dealkylation sites (tertiary alicyclic amines) is 1. The highest BCUT2D eigenvalue weighted by Gasteiger charge is 2.36. The fourth-order valence-corrected chi connectivity index (χ4v) is 4.20. The van der Waals surface area contributed by atoms with Crippen molar-refractivity contribution in [3.63, 3.8) is 0 Å². The molecule has 0 radical (unpaired) electrons. The maximum Gasteiger partial charge on any atom is 0.416 e. The van der Waals surface area contributed by atoms with E-state index in [1.807, 2.05) is 4.72 Å². The van der Waals surface area contributed by atoms with Gasteiger partial charge in [-0.2, -0.15) is 13.2 Å². The van der Waals surface area contributed by atoms with Gasteiger partial charge in [0.1, 0.15) is 0 Å². The number of benzene rings is 2. The SMILES string of the molecule is O=C(Cc1ccccc1NS(=O)(=O)[O-])N1CCC(c2ccccc2C(F)(F)F)CC1. The third-order valence-corrected chi connectivity index (χ3v) is 5.62. The maximum atomic E-state index is 13.3. The fourth-order valence-electron chi connectivity index (χ4n) is 3.73. The van der Waals surface area contributed by atoms with Crippen molar-refractivity contribution in [2.24, 2.45) is 0 Å². The number of nitrogens with zero attached hydrogens (tertiary/aromatic N) is 1. The van der Waals surface area contributed by atoms with Crippen LogP contribution in [0.15, 0.2) is 48.5 Å². The van der Waals surface area contributed by atoms with E-state index in [9.17, 15) is 30.9 Å². The molecule has 0 bridgehead atoms. The van der Waals surface area contributed by atoms with Crippen molar-refractivity contribution in [3.8, 4) is 0 Å². The van der Waals surface area contributed by atoms with E-state index in [2.05, 4.69) is 0 Å². The van der Waals surface area contributed by atoms with Crippen LogP contribution in [-0.2, 0) is 27.7 Å². The highest BCUT2D eigenvalue weighted by molar-refractivity contribution is 7.87. The van der Waals surface area contributed by atoms with Crippen molar-refractivity contribution in [3.05, 3.63) is 65.2 Å². The number of carbonyl (C=O) groups excluding carboxylic acids is 1. The molecule has 0 atom stereocenters. The minimum absolute atomic E-state index is 0.0369. The summed E-state index contributed by atoms with van der Waals surface area (Å²) in [6.07, 6.45) is -3.76. The van der Waals surface area contributed by atoms with Gasteiger partial charge in [0.2, 0.25) is 5.91 Å². The van der Waals surface area contributed by atoms with Crippen LogP contribution in [0.2, 0.25) is 0 Å². The molecule has 1 fully saturated rings. The molecule has 2 aromatic carbocycles. The number of piperidine rings is 1. The summed E-state index contributed by atoms with van der Waals surface area (Å²) < 4.78 is 74.6. The van der Waals surface area contributed by atoms with Gasteiger partial charge in [0.15, 0.2) is 10.3 Å². The molecule has 6 nitrogen and oxygen atoms in total. The zero-order chi connectivity index (χ0) is 21.9. The number of carbonyl (C=O) groups is 1. The van der Waals surface area contributed by atoms with E-state index in [4.69, 9.17) is 0 Å². The van der Waals surface area contributed by atoms with E-state index in [-0.39, 0.29) is 29.5 Å². The van der Waals surface area contributed by atoms with Gasteiger partial charge in [-0.05, 0) is 42.0 Å². The van der Waals surface area contributed by atoms with E-state index >= 15 is 0 Å². The van der Waals surface area contributed by atoms with Gasteiger partial charge in [-0.3, -0.25) is 9.52 Å². The van der Waals surface area contributed by atoms with Gasteiger partial charge in [-0.25, -0.2) is 8.42 Å². The second-order valence-corrected chi connectivity index (χ2v) is 8.24. The number of rotatable bonds is 5. The zero-order valence-corrected chi connectivity index (χ0v) is 16.7. The minimum atomic E-state index is -4.73. The number of hydrogen-bond acceptors (Lipinski definition) is 4. The smallest absolute Gasteiger partial charge is 0.416 e. The van der Waals surface area contributed by atoms with Gasteiger partial charge in [0.25, 0.3) is 0 Å². The lowest BCUT2D eigenvalue weighted by atomic mass is 9.86. The molecule has 162 valence electrons. The molecule has 1 aliphatic heterocycles. The number of halogens is 3. The number of nitrogens with one attached hydrogen (secondary N) is 1. The molecule has 0 unspecified atom stereocenters. The van der Waals surface area contributed by atoms with E-state index in [0.29, 0.717) is 31.5 Å². The van der Waals surface area contributed by atoms with Crippen LogP contribution in [0.4, 0.5) is 18.9 Å². The summed E-state index contributed by atoms with van der Waals surface area (Å²) >= 11 is 0. The molecule has 1 aliphatic rings. The number of anilines is 1. The Morgan fingerprint density at radius 3 is 2.30 bits per heavy atom. The molecule has 10 heteroatoms. The van der Waals surface area contributed by atoms with Crippen LogP contribution in [0.1, 0.15) is 35.4 Å². The monoisotopic (exact) mass is 441 g/mol. The summed E-state index contributed by atoms with van der Waals surface area (Å²) in [6.45, 7) is 0.594. The van der Waals surface area contributed by atoms with Crippen molar-refractivity contribution in [1.82, 2.24) is 4.90 Å². The van der Waals surface area contributed by atoms with Gasteiger partial charge in [-0.1, -0.05) is 36.4 Å². The summed E-state index contributed by atoms with van der Waals surface area (Å²) in [5.41, 5.74) is -0.0118.